The second-order valence-corrected chi connectivity index (χ2v) is 6.21. The largest absolute Gasteiger partial charge is 0.494 e. The maximum absolute atomic E-state index is 12.4. The summed E-state index contributed by atoms with van der Waals surface area (Å²) in [5, 5.41) is 22.8. The van der Waals surface area contributed by atoms with E-state index in [9.17, 15) is 20.2 Å². The first kappa shape index (κ1) is 19.2. The molecule has 0 heterocycles. The minimum Gasteiger partial charge on any atom is -0.494 e. The van der Waals surface area contributed by atoms with Crippen molar-refractivity contribution in [3.63, 3.8) is 0 Å². The van der Waals surface area contributed by atoms with Crippen LogP contribution >= 0.6 is 0 Å². The zero-order chi connectivity index (χ0) is 19.1. The van der Waals surface area contributed by atoms with Gasteiger partial charge in [0.2, 0.25) is 0 Å². The number of nitro benzene ring substituents is 1. The number of nitrogens with one attached hydrogen (secondary N) is 1. The molecule has 8 heteroatoms. The number of nitro groups is 1. The summed E-state index contributed by atoms with van der Waals surface area (Å²) in [6, 6.07) is 6.12. The fraction of sp³-hybridized carbons (Fsp3) is 0.444. The van der Waals surface area contributed by atoms with Gasteiger partial charge in [0.05, 0.1) is 23.8 Å². The van der Waals surface area contributed by atoms with Crippen LogP contribution in [0, 0.1) is 21.4 Å². The van der Waals surface area contributed by atoms with E-state index in [1.165, 1.54) is 31.7 Å². The molecule has 2 rings (SSSR count). The van der Waals surface area contributed by atoms with Crippen molar-refractivity contribution in [3.8, 4) is 11.8 Å². The first-order valence-corrected chi connectivity index (χ1v) is 8.44. The summed E-state index contributed by atoms with van der Waals surface area (Å²) >= 11 is 0. The molecule has 0 saturated heterocycles. The zero-order valence-electron chi connectivity index (χ0n) is 14.9. The number of hydrogen-bond acceptors (Lipinski definition) is 6. The highest BCUT2D eigenvalue weighted by Crippen LogP contribution is 2.29. The Bertz CT molecular complexity index is 748. The average Bonchev–Trinajstić information content (AvgIpc) is 2.66. The number of ether oxygens (including phenoxy) is 1. The van der Waals surface area contributed by atoms with E-state index in [1.54, 1.807) is 6.20 Å². The number of nitriles is 1. The van der Waals surface area contributed by atoms with Crippen molar-refractivity contribution in [1.82, 2.24) is 4.90 Å². The number of amides is 1. The highest BCUT2D eigenvalue weighted by atomic mass is 16.6. The van der Waals surface area contributed by atoms with Gasteiger partial charge in [0, 0.05) is 25.4 Å². The predicted molar refractivity (Wildman–Crippen MR) is 96.6 cm³/mol. The number of methoxy groups -OCH3 is 1. The molecule has 26 heavy (non-hydrogen) atoms. The molecule has 0 bridgehead atoms. The van der Waals surface area contributed by atoms with Gasteiger partial charge in [-0.25, -0.2) is 0 Å². The number of rotatable bonds is 6. The fourth-order valence-electron chi connectivity index (χ4n) is 3.02. The Morgan fingerprint density at radius 1 is 1.42 bits per heavy atom. The van der Waals surface area contributed by atoms with Crippen LogP contribution in [0.3, 0.4) is 0 Å². The summed E-state index contributed by atoms with van der Waals surface area (Å²) < 4.78 is 5.09. The van der Waals surface area contributed by atoms with Crippen molar-refractivity contribution >= 4 is 17.3 Å². The number of carbonyl (C=O) groups excluding carboxylic acids is 1. The fourth-order valence-corrected chi connectivity index (χ4v) is 3.02. The normalized spacial score (nSPS) is 15.0. The van der Waals surface area contributed by atoms with E-state index in [2.05, 4.69) is 5.32 Å². The molecule has 0 radical (unpaired) electrons. The van der Waals surface area contributed by atoms with Crippen molar-refractivity contribution in [2.75, 3.05) is 19.5 Å². The summed E-state index contributed by atoms with van der Waals surface area (Å²) in [6.45, 7) is 0. The Kier molecular flexibility index (Phi) is 6.55. The van der Waals surface area contributed by atoms with Crippen molar-refractivity contribution < 1.29 is 14.5 Å². The lowest BCUT2D eigenvalue weighted by molar-refractivity contribution is -0.384. The van der Waals surface area contributed by atoms with Gasteiger partial charge in [-0.2, -0.15) is 5.26 Å². The Labute approximate surface area is 152 Å². The molecule has 1 saturated carbocycles. The maximum Gasteiger partial charge on any atom is 0.273 e. The third-order valence-electron chi connectivity index (χ3n) is 4.49. The van der Waals surface area contributed by atoms with Crippen LogP contribution in [-0.2, 0) is 4.79 Å². The summed E-state index contributed by atoms with van der Waals surface area (Å²) in [7, 11) is 3.22. The molecule has 1 amide bonds. The molecule has 8 nitrogen and oxygen atoms in total. The summed E-state index contributed by atoms with van der Waals surface area (Å²) in [4.78, 5) is 24.6. The van der Waals surface area contributed by atoms with Gasteiger partial charge in [-0.3, -0.25) is 14.9 Å². The van der Waals surface area contributed by atoms with Crippen LogP contribution in [0.25, 0.3) is 0 Å². The average molecular weight is 358 g/mol. The Balaban J connectivity index is 2.15. The number of nitrogens with zero attached hydrogens (tertiary/aromatic N) is 3. The van der Waals surface area contributed by atoms with Gasteiger partial charge in [-0.1, -0.05) is 19.3 Å². The van der Waals surface area contributed by atoms with E-state index in [4.69, 9.17) is 4.74 Å². The molecule has 138 valence electrons. The van der Waals surface area contributed by atoms with E-state index in [0.29, 0.717) is 6.04 Å². The number of non-ortho nitro benzene ring substituents is 1. The van der Waals surface area contributed by atoms with Gasteiger partial charge in [-0.15, -0.1) is 0 Å². The molecular formula is C18H22N4O4. The molecule has 1 aliphatic rings. The van der Waals surface area contributed by atoms with Crippen LogP contribution in [0.15, 0.2) is 30.0 Å². The van der Waals surface area contributed by atoms with Crippen molar-refractivity contribution in [2.45, 2.75) is 38.1 Å². The Morgan fingerprint density at radius 3 is 2.69 bits per heavy atom. The smallest absolute Gasteiger partial charge is 0.273 e. The number of benzene rings is 1. The minimum atomic E-state index is -0.581. The van der Waals surface area contributed by atoms with E-state index >= 15 is 0 Å². The van der Waals surface area contributed by atoms with E-state index in [1.807, 2.05) is 18.0 Å². The van der Waals surface area contributed by atoms with Gasteiger partial charge in [0.25, 0.3) is 11.6 Å². The van der Waals surface area contributed by atoms with E-state index in [0.717, 1.165) is 25.7 Å². The Morgan fingerprint density at radius 2 is 2.12 bits per heavy atom. The number of anilines is 1. The van der Waals surface area contributed by atoms with Crippen LogP contribution in [0.5, 0.6) is 5.75 Å². The summed E-state index contributed by atoms with van der Waals surface area (Å²) in [6.07, 6.45) is 7.17. The van der Waals surface area contributed by atoms with Crippen LogP contribution in [0.2, 0.25) is 0 Å². The second kappa shape index (κ2) is 8.85. The molecule has 0 atom stereocenters. The molecule has 0 unspecified atom stereocenters. The SMILES string of the molecule is COc1cc([N+](=O)[O-])ccc1NC(=O)/C(C#N)=C\N(C)C1CCCCC1. The first-order chi connectivity index (χ1) is 12.5. The lowest BCUT2D eigenvalue weighted by Crippen LogP contribution is -2.30. The van der Waals surface area contributed by atoms with Crippen molar-refractivity contribution in [3.05, 3.63) is 40.1 Å². The topological polar surface area (TPSA) is 108 Å². The van der Waals surface area contributed by atoms with E-state index in [-0.39, 0.29) is 22.7 Å². The second-order valence-electron chi connectivity index (χ2n) is 6.21. The van der Waals surface area contributed by atoms with Gasteiger partial charge >= 0.3 is 0 Å². The highest BCUT2D eigenvalue weighted by Gasteiger charge is 2.19. The van der Waals surface area contributed by atoms with Crippen LogP contribution in [0.4, 0.5) is 11.4 Å². The third-order valence-corrected chi connectivity index (χ3v) is 4.49. The maximum atomic E-state index is 12.4. The quantitative estimate of drug-likeness (QED) is 0.362. The molecule has 1 fully saturated rings. The molecule has 0 spiro atoms. The van der Waals surface area contributed by atoms with Crippen LogP contribution in [-0.4, -0.2) is 35.9 Å². The third kappa shape index (κ3) is 4.72. The van der Waals surface area contributed by atoms with Crippen molar-refractivity contribution in [2.24, 2.45) is 0 Å². The first-order valence-electron chi connectivity index (χ1n) is 8.44. The summed E-state index contributed by atoms with van der Waals surface area (Å²) in [5.41, 5.74) is 0.0935. The number of carbonyl (C=O) groups is 1. The van der Waals surface area contributed by atoms with Gasteiger partial charge < -0.3 is 15.0 Å². The standard InChI is InChI=1S/C18H22N4O4/c1-21(14-6-4-3-5-7-14)12-13(11-19)18(23)20-16-9-8-15(22(24)25)10-17(16)26-2/h8-10,12,14H,3-7H2,1-2H3,(H,20,23)/b13-12-. The Hall–Kier alpha value is -3.08. The molecule has 1 aromatic rings. The number of hydrogen-bond donors (Lipinski definition) is 1. The molecule has 0 aromatic heterocycles. The highest BCUT2D eigenvalue weighted by molar-refractivity contribution is 6.07. The van der Waals surface area contributed by atoms with E-state index < -0.39 is 10.8 Å². The molecule has 1 N–H and O–H groups in total. The van der Waals surface area contributed by atoms with Gasteiger partial charge in [0.1, 0.15) is 17.4 Å². The van der Waals surface area contributed by atoms with Gasteiger partial charge in [0.15, 0.2) is 0 Å². The monoisotopic (exact) mass is 358 g/mol. The van der Waals surface area contributed by atoms with Crippen molar-refractivity contribution in [1.29, 1.82) is 5.26 Å². The molecule has 1 aliphatic carbocycles. The lowest BCUT2D eigenvalue weighted by Gasteiger charge is -2.30. The van der Waals surface area contributed by atoms with Crippen LogP contribution < -0.4 is 10.1 Å². The summed E-state index contributed by atoms with van der Waals surface area (Å²) in [5.74, 6) is -0.423. The van der Waals surface area contributed by atoms with Gasteiger partial charge in [-0.05, 0) is 18.9 Å². The molecular weight excluding hydrogens is 336 g/mol. The zero-order valence-corrected chi connectivity index (χ0v) is 14.9. The lowest BCUT2D eigenvalue weighted by atomic mass is 9.94. The van der Waals surface area contributed by atoms with Crippen LogP contribution in [0.1, 0.15) is 32.1 Å². The minimum absolute atomic E-state index is 0.0292. The molecule has 1 aromatic carbocycles. The predicted octanol–water partition coefficient (Wildman–Crippen LogP) is 3.21. The molecule has 0 aliphatic heterocycles.